The van der Waals surface area contributed by atoms with Crippen molar-refractivity contribution in [1.29, 1.82) is 0 Å². The maximum absolute atomic E-state index is 11.2. The highest BCUT2D eigenvalue weighted by Gasteiger charge is 2.26. The van der Waals surface area contributed by atoms with Crippen LogP contribution in [0.2, 0.25) is 0 Å². The minimum absolute atomic E-state index is 0.151. The zero-order chi connectivity index (χ0) is 15.5. The van der Waals surface area contributed by atoms with Gasteiger partial charge in [-0.1, -0.05) is 37.6 Å². The third-order valence-corrected chi connectivity index (χ3v) is 4.70. The first kappa shape index (κ1) is 16.0. The highest BCUT2D eigenvalue weighted by atomic mass is 16.1. The molecule has 0 saturated heterocycles. The molecule has 2 rings (SSSR count). The molecule has 2 aliphatic carbocycles. The quantitative estimate of drug-likeness (QED) is 0.608. The summed E-state index contributed by atoms with van der Waals surface area (Å²) in [6.45, 7) is 8.61. The summed E-state index contributed by atoms with van der Waals surface area (Å²) in [7, 11) is 0. The first-order chi connectivity index (χ1) is 9.88. The van der Waals surface area contributed by atoms with E-state index in [4.69, 9.17) is 0 Å². The number of allylic oxidation sites excluding steroid dienone is 8. The van der Waals surface area contributed by atoms with Crippen molar-refractivity contribution in [3.05, 3.63) is 46.6 Å². The molecular formula is C20H28O. The van der Waals surface area contributed by atoms with Crippen molar-refractivity contribution in [2.24, 2.45) is 5.41 Å². The van der Waals surface area contributed by atoms with Crippen molar-refractivity contribution in [3.63, 3.8) is 0 Å². The fourth-order valence-electron chi connectivity index (χ4n) is 3.59. The minimum Gasteiger partial charge on any atom is -0.295 e. The lowest BCUT2D eigenvalue weighted by Crippen LogP contribution is -2.19. The van der Waals surface area contributed by atoms with Crippen molar-refractivity contribution in [2.75, 3.05) is 0 Å². The molecule has 0 aromatic heterocycles. The van der Waals surface area contributed by atoms with Gasteiger partial charge >= 0.3 is 0 Å². The Labute approximate surface area is 129 Å². The van der Waals surface area contributed by atoms with Gasteiger partial charge in [-0.15, -0.1) is 0 Å². The van der Waals surface area contributed by atoms with Crippen molar-refractivity contribution in [1.82, 2.24) is 0 Å². The number of ketones is 1. The lowest BCUT2D eigenvalue weighted by atomic mass is 9.72. The van der Waals surface area contributed by atoms with Crippen LogP contribution < -0.4 is 0 Å². The average Bonchev–Trinajstić information content (AvgIpc) is 2.37. The SMILES string of the molecule is CC(=O)/C=C1C=C(/C=C/C2=C(C)CCCC2(C)C)CCC/1. The van der Waals surface area contributed by atoms with E-state index in [-0.39, 0.29) is 5.78 Å². The van der Waals surface area contributed by atoms with Crippen LogP contribution in [0.15, 0.2) is 46.6 Å². The van der Waals surface area contributed by atoms with Crippen LogP contribution in [0.25, 0.3) is 0 Å². The minimum atomic E-state index is 0.151. The van der Waals surface area contributed by atoms with Gasteiger partial charge in [0, 0.05) is 0 Å². The van der Waals surface area contributed by atoms with Crippen LogP contribution in [0, 0.1) is 5.41 Å². The van der Waals surface area contributed by atoms with Crippen LogP contribution in [-0.2, 0) is 4.79 Å². The summed E-state index contributed by atoms with van der Waals surface area (Å²) < 4.78 is 0. The predicted molar refractivity (Wildman–Crippen MR) is 90.2 cm³/mol. The van der Waals surface area contributed by atoms with Crippen LogP contribution >= 0.6 is 0 Å². The summed E-state index contributed by atoms with van der Waals surface area (Å²) in [5.74, 6) is 0.151. The third kappa shape index (κ3) is 4.30. The lowest BCUT2D eigenvalue weighted by Gasteiger charge is -2.33. The summed E-state index contributed by atoms with van der Waals surface area (Å²) in [6.07, 6.45) is 15.7. The fourth-order valence-corrected chi connectivity index (χ4v) is 3.59. The summed E-state index contributed by atoms with van der Waals surface area (Å²) in [5.41, 5.74) is 5.89. The zero-order valence-corrected chi connectivity index (χ0v) is 14.0. The van der Waals surface area contributed by atoms with E-state index in [1.807, 2.05) is 0 Å². The topological polar surface area (TPSA) is 17.1 Å². The molecule has 114 valence electrons. The maximum Gasteiger partial charge on any atom is 0.152 e. The molecule has 2 aliphatic rings. The normalized spacial score (nSPS) is 24.6. The Kier molecular flexibility index (Phi) is 5.03. The van der Waals surface area contributed by atoms with E-state index in [0.717, 1.165) is 19.3 Å². The summed E-state index contributed by atoms with van der Waals surface area (Å²) in [5, 5.41) is 0. The lowest BCUT2D eigenvalue weighted by molar-refractivity contribution is -0.112. The molecule has 0 unspecified atom stereocenters. The van der Waals surface area contributed by atoms with Crippen LogP contribution in [0.1, 0.15) is 66.2 Å². The molecule has 0 spiro atoms. The Balaban J connectivity index is 2.20. The number of hydrogen-bond acceptors (Lipinski definition) is 1. The molecular weight excluding hydrogens is 256 g/mol. The smallest absolute Gasteiger partial charge is 0.152 e. The Morgan fingerprint density at radius 2 is 1.90 bits per heavy atom. The van der Waals surface area contributed by atoms with Crippen molar-refractivity contribution >= 4 is 5.78 Å². The summed E-state index contributed by atoms with van der Waals surface area (Å²) in [4.78, 5) is 11.2. The van der Waals surface area contributed by atoms with Crippen LogP contribution in [0.4, 0.5) is 0 Å². The molecule has 0 saturated carbocycles. The van der Waals surface area contributed by atoms with E-state index in [9.17, 15) is 4.79 Å². The summed E-state index contributed by atoms with van der Waals surface area (Å²) >= 11 is 0. The molecule has 0 N–H and O–H groups in total. The molecule has 0 fully saturated rings. The van der Waals surface area contributed by atoms with E-state index >= 15 is 0 Å². The molecule has 0 radical (unpaired) electrons. The Hall–Kier alpha value is -1.37. The van der Waals surface area contributed by atoms with Crippen molar-refractivity contribution in [2.45, 2.75) is 66.2 Å². The standard InChI is InChI=1S/C20H28O/c1-15-7-6-12-20(3,4)19(15)11-10-17-8-5-9-18(14-17)13-16(2)21/h10-11,13-14H,5-9,12H2,1-4H3/b11-10+,18-13+. The van der Waals surface area contributed by atoms with Gasteiger partial charge in [-0.05, 0) is 80.6 Å². The van der Waals surface area contributed by atoms with Gasteiger partial charge in [-0.3, -0.25) is 4.79 Å². The van der Waals surface area contributed by atoms with Crippen LogP contribution in [0.5, 0.6) is 0 Å². The van der Waals surface area contributed by atoms with E-state index in [2.05, 4.69) is 39.0 Å². The molecule has 1 nitrogen and oxygen atoms in total. The van der Waals surface area contributed by atoms with Gasteiger partial charge in [0.2, 0.25) is 0 Å². The van der Waals surface area contributed by atoms with Gasteiger partial charge < -0.3 is 0 Å². The Morgan fingerprint density at radius 3 is 2.57 bits per heavy atom. The Bertz CT molecular complexity index is 538. The van der Waals surface area contributed by atoms with Gasteiger partial charge in [0.1, 0.15) is 0 Å². The van der Waals surface area contributed by atoms with E-state index in [1.165, 1.54) is 36.0 Å². The molecule has 1 heteroatoms. The third-order valence-electron chi connectivity index (χ3n) is 4.70. The highest BCUT2D eigenvalue weighted by Crippen LogP contribution is 2.41. The molecule has 0 amide bonds. The van der Waals surface area contributed by atoms with Gasteiger partial charge in [0.15, 0.2) is 5.78 Å². The predicted octanol–water partition coefficient (Wildman–Crippen LogP) is 5.69. The largest absolute Gasteiger partial charge is 0.295 e. The first-order valence-electron chi connectivity index (χ1n) is 8.18. The van der Waals surface area contributed by atoms with Gasteiger partial charge in [0.25, 0.3) is 0 Å². The van der Waals surface area contributed by atoms with Crippen molar-refractivity contribution < 1.29 is 4.79 Å². The molecule has 0 aliphatic heterocycles. The number of rotatable bonds is 3. The second-order valence-corrected chi connectivity index (χ2v) is 7.17. The average molecular weight is 284 g/mol. The molecule has 0 bridgehead atoms. The molecule has 0 atom stereocenters. The fraction of sp³-hybridized carbons (Fsp3) is 0.550. The van der Waals surface area contributed by atoms with E-state index < -0.39 is 0 Å². The second kappa shape index (κ2) is 6.60. The molecule has 0 heterocycles. The zero-order valence-electron chi connectivity index (χ0n) is 14.0. The Morgan fingerprint density at radius 1 is 1.14 bits per heavy atom. The second-order valence-electron chi connectivity index (χ2n) is 7.17. The van der Waals surface area contributed by atoms with Crippen LogP contribution in [-0.4, -0.2) is 5.78 Å². The van der Waals surface area contributed by atoms with Gasteiger partial charge in [-0.25, -0.2) is 0 Å². The molecule has 0 aromatic rings. The number of carbonyl (C=O) groups excluding carboxylic acids is 1. The van der Waals surface area contributed by atoms with Crippen LogP contribution in [0.3, 0.4) is 0 Å². The summed E-state index contributed by atoms with van der Waals surface area (Å²) in [6, 6.07) is 0. The monoisotopic (exact) mass is 284 g/mol. The van der Waals surface area contributed by atoms with Gasteiger partial charge in [-0.2, -0.15) is 0 Å². The molecule has 21 heavy (non-hydrogen) atoms. The number of carbonyl (C=O) groups is 1. The maximum atomic E-state index is 11.2. The number of hydrogen-bond donors (Lipinski definition) is 0. The van der Waals surface area contributed by atoms with E-state index in [0.29, 0.717) is 5.41 Å². The van der Waals surface area contributed by atoms with E-state index in [1.54, 1.807) is 18.6 Å². The highest BCUT2D eigenvalue weighted by molar-refractivity contribution is 5.88. The van der Waals surface area contributed by atoms with Crippen molar-refractivity contribution in [3.8, 4) is 0 Å². The van der Waals surface area contributed by atoms with Gasteiger partial charge in [0.05, 0.1) is 0 Å². The first-order valence-corrected chi connectivity index (χ1v) is 8.18. The molecule has 0 aromatic carbocycles.